The molecule has 0 amide bonds. The maximum absolute atomic E-state index is 12.9. The van der Waals surface area contributed by atoms with E-state index in [2.05, 4.69) is 15.0 Å². The molecule has 7 heteroatoms. The Morgan fingerprint density at radius 2 is 1.77 bits per heavy atom. The molecule has 0 radical (unpaired) electrons. The average Bonchev–Trinajstić information content (AvgIpc) is 3.03. The summed E-state index contributed by atoms with van der Waals surface area (Å²) in [5.74, 6) is -0.0149. The van der Waals surface area contributed by atoms with Gasteiger partial charge in [-0.15, -0.1) is 0 Å². The molecule has 1 aliphatic carbocycles. The number of pyridine rings is 1. The Bertz CT molecular complexity index is 823. The number of hydrogen-bond donors (Lipinski definition) is 0. The van der Waals surface area contributed by atoms with Crippen LogP contribution in [0, 0.1) is 0 Å². The van der Waals surface area contributed by atoms with Gasteiger partial charge in [-0.2, -0.15) is 0 Å². The maximum Gasteiger partial charge on any atom is 0.197 e. The third-order valence-corrected chi connectivity index (χ3v) is 4.29. The molecular formula is C19H25N5O2. The van der Waals surface area contributed by atoms with E-state index in [1.807, 2.05) is 56.1 Å². The van der Waals surface area contributed by atoms with Crippen LogP contribution in [-0.2, 0) is 11.4 Å². The van der Waals surface area contributed by atoms with E-state index in [1.54, 1.807) is 12.4 Å². The van der Waals surface area contributed by atoms with Crippen LogP contribution in [0.15, 0.2) is 36.0 Å². The largest absolute Gasteiger partial charge is 0.394 e. The summed E-state index contributed by atoms with van der Waals surface area (Å²) in [6.45, 7) is 2.95. The number of fused-ring (bicyclic) bond motifs is 2. The van der Waals surface area contributed by atoms with Gasteiger partial charge in [-0.3, -0.25) is 9.78 Å². The third kappa shape index (κ3) is 3.84. The van der Waals surface area contributed by atoms with Crippen LogP contribution in [0.25, 0.3) is 0 Å². The molecule has 0 saturated heterocycles. The molecule has 0 N–H and O–H groups in total. The molecule has 2 aromatic rings. The highest BCUT2D eigenvalue weighted by Gasteiger charge is 2.30. The van der Waals surface area contributed by atoms with Gasteiger partial charge in [0.15, 0.2) is 5.78 Å². The molecule has 0 saturated carbocycles. The van der Waals surface area contributed by atoms with Crippen LogP contribution in [0.4, 0.5) is 0 Å². The summed E-state index contributed by atoms with van der Waals surface area (Å²) in [6, 6.07) is 1.82. The lowest BCUT2D eigenvalue weighted by molar-refractivity contribution is 0.103. The van der Waals surface area contributed by atoms with Gasteiger partial charge >= 0.3 is 0 Å². The summed E-state index contributed by atoms with van der Waals surface area (Å²) in [5, 5.41) is 4.37. The minimum atomic E-state index is -0.0149. The van der Waals surface area contributed by atoms with Crippen molar-refractivity contribution < 1.29 is 9.63 Å². The lowest BCUT2D eigenvalue weighted by atomic mass is 9.87. The van der Waals surface area contributed by atoms with E-state index in [0.29, 0.717) is 23.4 Å². The molecule has 0 atom stereocenters. The van der Waals surface area contributed by atoms with E-state index in [4.69, 9.17) is 4.84 Å². The molecule has 0 unspecified atom stereocenters. The molecule has 0 bridgehead atoms. The first-order valence-corrected chi connectivity index (χ1v) is 8.66. The van der Waals surface area contributed by atoms with Crippen molar-refractivity contribution in [2.24, 2.45) is 5.16 Å². The van der Waals surface area contributed by atoms with Crippen LogP contribution in [0.1, 0.15) is 27.0 Å². The fourth-order valence-corrected chi connectivity index (χ4v) is 2.83. The Balaban J connectivity index is 1.95. The van der Waals surface area contributed by atoms with E-state index in [0.717, 1.165) is 30.8 Å². The topological polar surface area (TPSA) is 63.0 Å². The summed E-state index contributed by atoms with van der Waals surface area (Å²) < 4.78 is 2.04. The highest BCUT2D eigenvalue weighted by atomic mass is 16.6. The SMILES string of the molecule is CN(C)CCO/N=C1/c2ccncc2C(=O)c2cn(CCN(C)C)cc21. The second kappa shape index (κ2) is 7.80. The standard InChI is InChI=1S/C19H25N5O2/c1-22(2)7-8-24-12-16-17(13-24)19(25)15-11-20-6-5-14(15)18(16)21-26-10-9-23(3)4/h5-6,11-13H,7-10H2,1-4H3/b21-18-. The second-order valence-corrected chi connectivity index (χ2v) is 6.95. The molecule has 138 valence electrons. The molecule has 0 spiro atoms. The van der Waals surface area contributed by atoms with E-state index < -0.39 is 0 Å². The quantitative estimate of drug-likeness (QED) is 0.472. The lowest BCUT2D eigenvalue weighted by Gasteiger charge is -2.16. The van der Waals surface area contributed by atoms with E-state index >= 15 is 0 Å². The van der Waals surface area contributed by atoms with Crippen molar-refractivity contribution in [2.45, 2.75) is 6.54 Å². The van der Waals surface area contributed by atoms with Crippen molar-refractivity contribution in [1.29, 1.82) is 0 Å². The Morgan fingerprint density at radius 1 is 1.04 bits per heavy atom. The second-order valence-electron chi connectivity index (χ2n) is 6.95. The highest BCUT2D eigenvalue weighted by Crippen LogP contribution is 2.28. The van der Waals surface area contributed by atoms with E-state index in [1.165, 1.54) is 0 Å². The Kier molecular flexibility index (Phi) is 5.49. The van der Waals surface area contributed by atoms with Crippen LogP contribution in [-0.4, -0.2) is 78.7 Å². The van der Waals surface area contributed by atoms with Gasteiger partial charge in [0.1, 0.15) is 12.3 Å². The molecule has 0 aliphatic heterocycles. The monoisotopic (exact) mass is 355 g/mol. The Hall–Kier alpha value is -2.51. The Morgan fingerprint density at radius 3 is 2.50 bits per heavy atom. The summed E-state index contributed by atoms with van der Waals surface area (Å²) in [6.07, 6.45) is 7.16. The Labute approximate surface area is 153 Å². The zero-order valence-electron chi connectivity index (χ0n) is 15.8. The van der Waals surface area contributed by atoms with Crippen LogP contribution in [0.2, 0.25) is 0 Å². The number of rotatable bonds is 7. The molecule has 7 nitrogen and oxygen atoms in total. The average molecular weight is 355 g/mol. The van der Waals surface area contributed by atoms with Crippen LogP contribution < -0.4 is 0 Å². The van der Waals surface area contributed by atoms with Gasteiger partial charge in [0, 0.05) is 61.1 Å². The van der Waals surface area contributed by atoms with Crippen molar-refractivity contribution >= 4 is 11.5 Å². The number of nitrogens with zero attached hydrogens (tertiary/aromatic N) is 5. The number of oxime groups is 1. The summed E-state index contributed by atoms with van der Waals surface area (Å²) in [5.41, 5.74) is 3.50. The van der Waals surface area contributed by atoms with Crippen molar-refractivity contribution in [3.63, 3.8) is 0 Å². The summed E-state index contributed by atoms with van der Waals surface area (Å²) >= 11 is 0. The zero-order chi connectivity index (χ0) is 18.7. The van der Waals surface area contributed by atoms with Crippen molar-refractivity contribution in [1.82, 2.24) is 19.4 Å². The van der Waals surface area contributed by atoms with Gasteiger partial charge < -0.3 is 19.2 Å². The lowest BCUT2D eigenvalue weighted by Crippen LogP contribution is -2.21. The fraction of sp³-hybridized carbons (Fsp3) is 0.421. The van der Waals surface area contributed by atoms with Gasteiger partial charge in [0.05, 0.1) is 5.56 Å². The number of ketones is 1. The molecule has 0 aromatic carbocycles. The van der Waals surface area contributed by atoms with Gasteiger partial charge in [-0.05, 0) is 34.3 Å². The van der Waals surface area contributed by atoms with Gasteiger partial charge in [-0.25, -0.2) is 0 Å². The third-order valence-electron chi connectivity index (χ3n) is 4.29. The first-order chi connectivity index (χ1) is 12.5. The smallest absolute Gasteiger partial charge is 0.197 e. The van der Waals surface area contributed by atoms with Crippen LogP contribution in [0.3, 0.4) is 0 Å². The molecule has 1 aliphatic rings. The fourth-order valence-electron chi connectivity index (χ4n) is 2.83. The number of hydrogen-bond acceptors (Lipinski definition) is 6. The predicted molar refractivity (Wildman–Crippen MR) is 101 cm³/mol. The predicted octanol–water partition coefficient (Wildman–Crippen LogP) is 1.32. The maximum atomic E-state index is 12.9. The normalized spacial score (nSPS) is 14.8. The number of aromatic nitrogens is 2. The molecule has 3 rings (SSSR count). The zero-order valence-corrected chi connectivity index (χ0v) is 15.8. The molecule has 26 heavy (non-hydrogen) atoms. The van der Waals surface area contributed by atoms with Crippen LogP contribution in [0.5, 0.6) is 0 Å². The molecule has 2 aromatic heterocycles. The molecule has 2 heterocycles. The van der Waals surface area contributed by atoms with Crippen LogP contribution >= 0.6 is 0 Å². The van der Waals surface area contributed by atoms with Crippen molar-refractivity contribution in [3.05, 3.63) is 53.1 Å². The van der Waals surface area contributed by atoms with E-state index in [-0.39, 0.29) is 5.78 Å². The number of likely N-dealkylation sites (N-methyl/N-ethyl adjacent to an activating group) is 2. The van der Waals surface area contributed by atoms with Gasteiger partial charge in [0.2, 0.25) is 0 Å². The minimum absolute atomic E-state index is 0.0149. The van der Waals surface area contributed by atoms with Gasteiger partial charge in [-0.1, -0.05) is 5.16 Å². The minimum Gasteiger partial charge on any atom is -0.394 e. The molecule has 0 fully saturated rings. The first-order valence-electron chi connectivity index (χ1n) is 8.66. The van der Waals surface area contributed by atoms with Crippen molar-refractivity contribution in [3.8, 4) is 0 Å². The summed E-state index contributed by atoms with van der Waals surface area (Å²) in [7, 11) is 8.03. The number of carbonyl (C=O) groups is 1. The number of carbonyl (C=O) groups excluding carboxylic acids is 1. The van der Waals surface area contributed by atoms with Crippen molar-refractivity contribution in [2.75, 3.05) is 47.9 Å². The molecular weight excluding hydrogens is 330 g/mol. The van der Waals surface area contributed by atoms with Gasteiger partial charge in [0.25, 0.3) is 0 Å². The van der Waals surface area contributed by atoms with E-state index in [9.17, 15) is 4.79 Å². The summed E-state index contributed by atoms with van der Waals surface area (Å²) in [4.78, 5) is 26.6. The first kappa shape index (κ1) is 18.3. The highest BCUT2D eigenvalue weighted by molar-refractivity contribution is 6.29.